The molecule has 0 heterocycles. The Morgan fingerprint density at radius 3 is 2.28 bits per heavy atom. The van der Waals surface area contributed by atoms with Gasteiger partial charge in [0.15, 0.2) is 5.11 Å². The SMILES string of the molecule is CCOc1ccc(C(=O)NC(=S)Nc2ccccc2C(=O)N(C)Cc2ccccc2)cc1. The highest BCUT2D eigenvalue weighted by Gasteiger charge is 2.17. The van der Waals surface area contributed by atoms with Gasteiger partial charge in [-0.3, -0.25) is 14.9 Å². The third-order valence-electron chi connectivity index (χ3n) is 4.67. The van der Waals surface area contributed by atoms with Crippen molar-refractivity contribution in [3.05, 3.63) is 95.6 Å². The second-order valence-electron chi connectivity index (χ2n) is 7.06. The lowest BCUT2D eigenvalue weighted by Gasteiger charge is -2.20. The van der Waals surface area contributed by atoms with E-state index in [2.05, 4.69) is 10.6 Å². The van der Waals surface area contributed by atoms with Crippen molar-refractivity contribution in [2.75, 3.05) is 19.0 Å². The van der Waals surface area contributed by atoms with Crippen LogP contribution in [0, 0.1) is 0 Å². The molecule has 0 unspecified atom stereocenters. The summed E-state index contributed by atoms with van der Waals surface area (Å²) >= 11 is 5.30. The van der Waals surface area contributed by atoms with Crippen LogP contribution in [0.25, 0.3) is 0 Å². The lowest BCUT2D eigenvalue weighted by Crippen LogP contribution is -2.35. The molecule has 0 fully saturated rings. The number of thiocarbonyl (C=S) groups is 1. The minimum Gasteiger partial charge on any atom is -0.494 e. The number of nitrogens with zero attached hydrogens (tertiary/aromatic N) is 1. The van der Waals surface area contributed by atoms with Crippen LogP contribution in [-0.4, -0.2) is 35.5 Å². The van der Waals surface area contributed by atoms with Crippen LogP contribution in [0.3, 0.4) is 0 Å². The predicted molar refractivity (Wildman–Crippen MR) is 130 cm³/mol. The molecule has 0 saturated carbocycles. The van der Waals surface area contributed by atoms with Crippen molar-refractivity contribution >= 4 is 34.8 Å². The highest BCUT2D eigenvalue weighted by atomic mass is 32.1. The number of amides is 2. The van der Waals surface area contributed by atoms with Gasteiger partial charge in [-0.2, -0.15) is 0 Å². The van der Waals surface area contributed by atoms with Crippen LogP contribution in [0.2, 0.25) is 0 Å². The zero-order chi connectivity index (χ0) is 22.9. The second-order valence-corrected chi connectivity index (χ2v) is 7.47. The third-order valence-corrected chi connectivity index (χ3v) is 4.87. The molecule has 0 saturated heterocycles. The molecule has 7 heteroatoms. The summed E-state index contributed by atoms with van der Waals surface area (Å²) in [5, 5.41) is 5.72. The Labute approximate surface area is 193 Å². The van der Waals surface area contributed by atoms with Gasteiger partial charge in [-0.05, 0) is 61.1 Å². The normalized spacial score (nSPS) is 10.2. The Kier molecular flexibility index (Phi) is 7.94. The molecule has 0 radical (unpaired) electrons. The molecule has 0 spiro atoms. The number of benzene rings is 3. The largest absolute Gasteiger partial charge is 0.494 e. The van der Waals surface area contributed by atoms with Crippen LogP contribution in [0.4, 0.5) is 5.69 Å². The number of carbonyl (C=O) groups is 2. The second kappa shape index (κ2) is 11.1. The van der Waals surface area contributed by atoms with E-state index < -0.39 is 0 Å². The van der Waals surface area contributed by atoms with Gasteiger partial charge in [-0.25, -0.2) is 0 Å². The number of carbonyl (C=O) groups excluding carboxylic acids is 2. The van der Waals surface area contributed by atoms with Crippen molar-refractivity contribution in [1.82, 2.24) is 10.2 Å². The van der Waals surface area contributed by atoms with E-state index in [1.54, 1.807) is 60.5 Å². The van der Waals surface area contributed by atoms with E-state index in [1.807, 2.05) is 37.3 Å². The maximum atomic E-state index is 13.0. The number of ether oxygens (including phenoxy) is 1. The van der Waals surface area contributed by atoms with E-state index >= 15 is 0 Å². The van der Waals surface area contributed by atoms with E-state index in [0.29, 0.717) is 35.7 Å². The molecule has 3 aromatic carbocycles. The molecule has 0 atom stereocenters. The zero-order valence-electron chi connectivity index (χ0n) is 18.0. The van der Waals surface area contributed by atoms with Crippen molar-refractivity contribution < 1.29 is 14.3 Å². The first-order valence-corrected chi connectivity index (χ1v) is 10.6. The van der Waals surface area contributed by atoms with Crippen LogP contribution in [0.1, 0.15) is 33.2 Å². The molecule has 0 aliphatic rings. The van der Waals surface area contributed by atoms with Gasteiger partial charge in [-0.1, -0.05) is 42.5 Å². The van der Waals surface area contributed by atoms with E-state index in [9.17, 15) is 9.59 Å². The lowest BCUT2D eigenvalue weighted by atomic mass is 10.1. The van der Waals surface area contributed by atoms with Crippen LogP contribution in [-0.2, 0) is 6.54 Å². The first kappa shape index (κ1) is 23.0. The van der Waals surface area contributed by atoms with E-state index in [0.717, 1.165) is 5.56 Å². The minimum atomic E-state index is -0.351. The summed E-state index contributed by atoms with van der Waals surface area (Å²) < 4.78 is 5.39. The van der Waals surface area contributed by atoms with E-state index in [4.69, 9.17) is 17.0 Å². The van der Waals surface area contributed by atoms with Crippen molar-refractivity contribution in [2.45, 2.75) is 13.5 Å². The Morgan fingerprint density at radius 1 is 0.938 bits per heavy atom. The van der Waals surface area contributed by atoms with Gasteiger partial charge in [0.25, 0.3) is 11.8 Å². The molecule has 6 nitrogen and oxygen atoms in total. The monoisotopic (exact) mass is 447 g/mol. The summed E-state index contributed by atoms with van der Waals surface area (Å²) in [5.74, 6) is 0.185. The fraction of sp³-hybridized carbons (Fsp3) is 0.160. The summed E-state index contributed by atoms with van der Waals surface area (Å²) in [5.41, 5.74) is 2.47. The maximum absolute atomic E-state index is 13.0. The predicted octanol–water partition coefficient (Wildman–Crippen LogP) is 4.48. The summed E-state index contributed by atoms with van der Waals surface area (Å²) in [4.78, 5) is 27.2. The molecule has 3 aromatic rings. The number of para-hydroxylation sites is 1. The van der Waals surface area contributed by atoms with Crippen molar-refractivity contribution in [3.63, 3.8) is 0 Å². The molecule has 0 bridgehead atoms. The molecular formula is C25H25N3O3S. The summed E-state index contributed by atoms with van der Waals surface area (Å²) in [7, 11) is 1.75. The number of nitrogens with one attached hydrogen (secondary N) is 2. The maximum Gasteiger partial charge on any atom is 0.257 e. The first-order valence-electron chi connectivity index (χ1n) is 10.2. The molecule has 0 aromatic heterocycles. The molecule has 3 rings (SSSR count). The van der Waals surface area contributed by atoms with Crippen LogP contribution in [0.5, 0.6) is 5.75 Å². The Morgan fingerprint density at radius 2 is 1.59 bits per heavy atom. The minimum absolute atomic E-state index is 0.106. The van der Waals surface area contributed by atoms with E-state index in [1.165, 1.54) is 0 Å². The van der Waals surface area contributed by atoms with Crippen LogP contribution < -0.4 is 15.4 Å². The molecule has 2 amide bonds. The molecule has 164 valence electrons. The van der Waals surface area contributed by atoms with Gasteiger partial charge in [0, 0.05) is 19.2 Å². The Hall–Kier alpha value is -3.71. The van der Waals surface area contributed by atoms with Gasteiger partial charge >= 0.3 is 0 Å². The van der Waals surface area contributed by atoms with Crippen molar-refractivity contribution in [1.29, 1.82) is 0 Å². The quantitative estimate of drug-likeness (QED) is 0.523. The van der Waals surface area contributed by atoms with Gasteiger partial charge < -0.3 is 15.0 Å². The number of anilines is 1. The first-order chi connectivity index (χ1) is 15.5. The number of hydrogen-bond acceptors (Lipinski definition) is 4. The number of rotatable bonds is 7. The average molecular weight is 448 g/mol. The third kappa shape index (κ3) is 6.15. The van der Waals surface area contributed by atoms with Gasteiger partial charge in [0.1, 0.15) is 5.75 Å². The zero-order valence-corrected chi connectivity index (χ0v) is 18.8. The van der Waals surface area contributed by atoms with Crippen molar-refractivity contribution in [2.24, 2.45) is 0 Å². The van der Waals surface area contributed by atoms with E-state index in [-0.39, 0.29) is 16.9 Å². The molecule has 2 N–H and O–H groups in total. The molecular weight excluding hydrogens is 422 g/mol. The summed E-state index contributed by atoms with van der Waals surface area (Å²) in [6.07, 6.45) is 0. The highest BCUT2D eigenvalue weighted by Crippen LogP contribution is 2.18. The summed E-state index contributed by atoms with van der Waals surface area (Å²) in [6, 6.07) is 23.6. The Balaban J connectivity index is 1.65. The fourth-order valence-electron chi connectivity index (χ4n) is 3.11. The molecule has 32 heavy (non-hydrogen) atoms. The molecule has 0 aliphatic carbocycles. The van der Waals surface area contributed by atoms with Gasteiger partial charge in [0.2, 0.25) is 0 Å². The Bertz CT molecular complexity index is 1090. The van der Waals surface area contributed by atoms with Gasteiger partial charge in [-0.15, -0.1) is 0 Å². The van der Waals surface area contributed by atoms with Crippen LogP contribution >= 0.6 is 12.2 Å². The van der Waals surface area contributed by atoms with Crippen LogP contribution in [0.15, 0.2) is 78.9 Å². The number of hydrogen-bond donors (Lipinski definition) is 2. The smallest absolute Gasteiger partial charge is 0.257 e. The summed E-state index contributed by atoms with van der Waals surface area (Å²) in [6.45, 7) is 2.93. The molecule has 0 aliphatic heterocycles. The average Bonchev–Trinajstić information content (AvgIpc) is 2.80. The highest BCUT2D eigenvalue weighted by molar-refractivity contribution is 7.80. The van der Waals surface area contributed by atoms with Gasteiger partial charge in [0.05, 0.1) is 17.9 Å². The topological polar surface area (TPSA) is 70.7 Å². The van der Waals surface area contributed by atoms with Crippen molar-refractivity contribution in [3.8, 4) is 5.75 Å². The lowest BCUT2D eigenvalue weighted by molar-refractivity contribution is 0.0786. The fourth-order valence-corrected chi connectivity index (χ4v) is 3.31. The standard InChI is InChI=1S/C25H25N3O3S/c1-3-31-20-15-13-19(14-16-20)23(29)27-25(32)26-22-12-8-7-11-21(22)24(30)28(2)17-18-9-5-4-6-10-18/h4-16H,3,17H2,1-2H3,(H2,26,27,29,32).